The average Bonchev–Trinajstić information content (AvgIpc) is 2.61. The number of hydrogen-bond acceptors (Lipinski definition) is 5. The molecule has 1 N–H and O–H groups in total. The van der Waals surface area contributed by atoms with Crippen LogP contribution >= 0.6 is 11.6 Å². The summed E-state index contributed by atoms with van der Waals surface area (Å²) in [6.07, 6.45) is 1.39. The number of nitrogens with one attached hydrogen (secondary N) is 1. The molecule has 1 amide bonds. The lowest BCUT2D eigenvalue weighted by Gasteiger charge is -2.25. The van der Waals surface area contributed by atoms with Gasteiger partial charge in [-0.3, -0.25) is 19.9 Å². The Balaban J connectivity index is 2.32. The molecule has 0 saturated carbocycles. The van der Waals surface area contributed by atoms with Crippen molar-refractivity contribution in [2.24, 2.45) is 0 Å². The van der Waals surface area contributed by atoms with Gasteiger partial charge < -0.3 is 10.4 Å². The van der Waals surface area contributed by atoms with Crippen LogP contribution in [-0.4, -0.2) is 15.8 Å². The third kappa shape index (κ3) is 3.16. The minimum atomic E-state index is -0.932. The number of nitrogens with zero attached hydrogens (tertiary/aromatic N) is 2. The Kier molecular flexibility index (Phi) is 4.73. The summed E-state index contributed by atoms with van der Waals surface area (Å²) in [5.74, 6) is -0.900. The third-order valence-corrected chi connectivity index (χ3v) is 4.27. The van der Waals surface area contributed by atoms with Gasteiger partial charge in [-0.1, -0.05) is 35.5 Å². The van der Waals surface area contributed by atoms with Crippen LogP contribution in [-0.2, 0) is 4.79 Å². The number of non-ortho nitro benzene ring substituents is 1. The fourth-order valence-electron chi connectivity index (χ4n) is 2.82. The van der Waals surface area contributed by atoms with E-state index in [1.54, 1.807) is 24.3 Å². The first-order valence-corrected chi connectivity index (χ1v) is 8.02. The van der Waals surface area contributed by atoms with E-state index >= 15 is 0 Å². The van der Waals surface area contributed by atoms with Gasteiger partial charge in [0.1, 0.15) is 0 Å². The molecule has 7 nitrogen and oxygen atoms in total. The molecule has 1 heterocycles. The molecule has 8 heteroatoms. The van der Waals surface area contributed by atoms with Crippen LogP contribution < -0.4 is 10.4 Å². The van der Waals surface area contributed by atoms with Crippen LogP contribution in [0.5, 0.6) is 5.75 Å². The summed E-state index contributed by atoms with van der Waals surface area (Å²) in [6, 6.07) is 9.91. The van der Waals surface area contributed by atoms with Gasteiger partial charge in [0.15, 0.2) is 0 Å². The molecule has 26 heavy (non-hydrogen) atoms. The number of benzene rings is 2. The molecular weight excluding hydrogens is 358 g/mol. The number of carbonyl (C=O) groups is 1. The van der Waals surface area contributed by atoms with E-state index in [9.17, 15) is 20.0 Å². The molecule has 3 aromatic rings. The third-order valence-electron chi connectivity index (χ3n) is 3.92. The van der Waals surface area contributed by atoms with Crippen molar-refractivity contribution in [2.75, 3.05) is 0 Å². The number of carbonyl (C=O) groups excluding carboxylic acids is 1. The summed E-state index contributed by atoms with van der Waals surface area (Å²) in [7, 11) is 0. The van der Waals surface area contributed by atoms with Gasteiger partial charge in [0.2, 0.25) is 5.91 Å². The molecule has 1 atom stereocenters. The van der Waals surface area contributed by atoms with Crippen LogP contribution in [0.25, 0.3) is 10.9 Å². The lowest BCUT2D eigenvalue weighted by Crippen LogP contribution is -2.28. The number of pyridine rings is 1. The smallest absolute Gasteiger partial charge is 0.279 e. The van der Waals surface area contributed by atoms with E-state index in [0.717, 1.165) is 0 Å². The van der Waals surface area contributed by atoms with Gasteiger partial charge in [0, 0.05) is 24.2 Å². The Bertz CT molecular complexity index is 1020. The number of rotatable bonds is 4. The predicted octanol–water partition coefficient (Wildman–Crippen LogP) is 3.10. The SMILES string of the molecule is CC(=O)N[C@@H](c1ccccc1Cl)c1cc([N+](=O)[O-])c2cccnc2c1[O-]. The van der Waals surface area contributed by atoms with Gasteiger partial charge in [-0.2, -0.15) is 0 Å². The number of nitro benzene ring substituents is 1. The first kappa shape index (κ1) is 17.6. The van der Waals surface area contributed by atoms with Crippen molar-refractivity contribution in [1.82, 2.24) is 10.3 Å². The van der Waals surface area contributed by atoms with Gasteiger partial charge in [-0.15, -0.1) is 0 Å². The largest absolute Gasteiger partial charge is 0.871 e. The van der Waals surface area contributed by atoms with Crippen molar-refractivity contribution >= 4 is 34.1 Å². The van der Waals surface area contributed by atoms with Crippen molar-refractivity contribution in [1.29, 1.82) is 0 Å². The Morgan fingerprint density at radius 3 is 2.62 bits per heavy atom. The minimum absolute atomic E-state index is 0.0286. The maximum Gasteiger partial charge on any atom is 0.279 e. The molecule has 0 aliphatic rings. The Labute approximate surface area is 153 Å². The number of halogens is 1. The highest BCUT2D eigenvalue weighted by Crippen LogP contribution is 2.39. The van der Waals surface area contributed by atoms with Crippen molar-refractivity contribution in [3.63, 3.8) is 0 Å². The molecular formula is C18H13ClN3O4-. The number of hydrogen-bond donors (Lipinski definition) is 1. The highest BCUT2D eigenvalue weighted by atomic mass is 35.5. The predicted molar refractivity (Wildman–Crippen MR) is 95.0 cm³/mol. The van der Waals surface area contributed by atoms with Crippen LogP contribution in [0, 0.1) is 10.1 Å². The van der Waals surface area contributed by atoms with Crippen LogP contribution in [0.1, 0.15) is 24.1 Å². The summed E-state index contributed by atoms with van der Waals surface area (Å²) in [5.41, 5.74) is 0.210. The second-order valence-corrected chi connectivity index (χ2v) is 6.03. The van der Waals surface area contributed by atoms with E-state index in [1.165, 1.54) is 31.3 Å². The van der Waals surface area contributed by atoms with Crippen molar-refractivity contribution in [2.45, 2.75) is 13.0 Å². The summed E-state index contributed by atoms with van der Waals surface area (Å²) < 4.78 is 0. The van der Waals surface area contributed by atoms with Crippen molar-refractivity contribution in [3.05, 3.63) is 74.9 Å². The summed E-state index contributed by atoms with van der Waals surface area (Å²) in [6.45, 7) is 1.29. The quantitative estimate of drug-likeness (QED) is 0.560. The van der Waals surface area contributed by atoms with Gasteiger partial charge in [0.25, 0.3) is 5.69 Å². The highest BCUT2D eigenvalue weighted by molar-refractivity contribution is 6.31. The second-order valence-electron chi connectivity index (χ2n) is 5.63. The fraction of sp³-hybridized carbons (Fsp3) is 0.111. The lowest BCUT2D eigenvalue weighted by atomic mass is 9.95. The molecule has 0 bridgehead atoms. The molecule has 0 spiro atoms. The van der Waals surface area contributed by atoms with Crippen LogP contribution in [0.2, 0.25) is 5.02 Å². The summed E-state index contributed by atoms with van der Waals surface area (Å²) in [4.78, 5) is 26.6. The molecule has 3 rings (SSSR count). The van der Waals surface area contributed by atoms with Crippen LogP contribution in [0.4, 0.5) is 5.69 Å². The second kappa shape index (κ2) is 6.97. The molecule has 0 aliphatic carbocycles. The molecule has 0 saturated heterocycles. The van der Waals surface area contributed by atoms with Gasteiger partial charge in [-0.05, 0) is 29.3 Å². The molecule has 132 valence electrons. The first-order chi connectivity index (χ1) is 12.4. The average molecular weight is 371 g/mol. The normalized spacial score (nSPS) is 11.9. The molecule has 2 aromatic carbocycles. The van der Waals surface area contributed by atoms with E-state index in [2.05, 4.69) is 10.3 Å². The maximum absolute atomic E-state index is 12.9. The molecule has 0 radical (unpaired) electrons. The lowest BCUT2D eigenvalue weighted by molar-refractivity contribution is -0.383. The van der Waals surface area contributed by atoms with Gasteiger partial charge in [0.05, 0.1) is 21.9 Å². The molecule has 1 aromatic heterocycles. The standard InChI is InChI=1S/C18H14ClN3O4/c1-10(23)21-16(11-5-2-3-7-14(11)19)13-9-15(22(25)26)12-6-4-8-20-17(12)18(13)24/h2-9,16,24H,1H3,(H,21,23)/p-1/t16-/m0/s1. The summed E-state index contributed by atoms with van der Waals surface area (Å²) in [5, 5.41) is 27.5. The van der Waals surface area contributed by atoms with E-state index in [4.69, 9.17) is 11.6 Å². The Morgan fingerprint density at radius 1 is 1.23 bits per heavy atom. The van der Waals surface area contributed by atoms with E-state index < -0.39 is 22.6 Å². The Morgan fingerprint density at radius 2 is 1.96 bits per heavy atom. The van der Waals surface area contributed by atoms with E-state index in [0.29, 0.717) is 10.6 Å². The zero-order valence-corrected chi connectivity index (χ0v) is 14.4. The minimum Gasteiger partial charge on any atom is -0.871 e. The first-order valence-electron chi connectivity index (χ1n) is 7.64. The van der Waals surface area contributed by atoms with Crippen LogP contribution in [0.15, 0.2) is 48.7 Å². The number of aromatic nitrogens is 1. The fourth-order valence-corrected chi connectivity index (χ4v) is 3.07. The summed E-state index contributed by atoms with van der Waals surface area (Å²) >= 11 is 6.22. The van der Waals surface area contributed by atoms with Crippen molar-refractivity contribution < 1.29 is 14.8 Å². The van der Waals surface area contributed by atoms with E-state index in [1.807, 2.05) is 0 Å². The van der Waals surface area contributed by atoms with Gasteiger partial charge in [-0.25, -0.2) is 0 Å². The van der Waals surface area contributed by atoms with Crippen LogP contribution in [0.3, 0.4) is 0 Å². The Hall–Kier alpha value is -3.19. The number of amides is 1. The van der Waals surface area contributed by atoms with E-state index in [-0.39, 0.29) is 22.2 Å². The number of fused-ring (bicyclic) bond motifs is 1. The molecule has 0 fully saturated rings. The molecule has 0 unspecified atom stereocenters. The zero-order chi connectivity index (χ0) is 18.8. The monoisotopic (exact) mass is 370 g/mol. The van der Waals surface area contributed by atoms with Gasteiger partial charge >= 0.3 is 0 Å². The zero-order valence-electron chi connectivity index (χ0n) is 13.6. The maximum atomic E-state index is 12.9. The highest BCUT2D eigenvalue weighted by Gasteiger charge is 2.24. The molecule has 0 aliphatic heterocycles. The van der Waals surface area contributed by atoms with Crippen molar-refractivity contribution in [3.8, 4) is 5.75 Å². The topological polar surface area (TPSA) is 108 Å². The number of nitro groups is 1.